The van der Waals surface area contributed by atoms with Crippen LogP contribution in [0.15, 0.2) is 36.7 Å². The number of unbranched alkanes of at least 4 members (excludes halogenated alkanes) is 4. The first-order valence-corrected chi connectivity index (χ1v) is 11.3. The Kier molecular flexibility index (Phi) is 11.4. The maximum atomic E-state index is 5.84. The largest absolute Gasteiger partial charge is 0.494 e. The fraction of sp³-hybridized carbons (Fsp3) is 0.600. The summed E-state index contributed by atoms with van der Waals surface area (Å²) in [5.41, 5.74) is 2.02. The van der Waals surface area contributed by atoms with Gasteiger partial charge in [0.2, 0.25) is 0 Å². The third-order valence-electron chi connectivity index (χ3n) is 5.29. The minimum atomic E-state index is 0.581. The van der Waals surface area contributed by atoms with E-state index in [2.05, 4.69) is 30.7 Å². The second-order valence-corrected chi connectivity index (χ2v) is 7.91. The minimum Gasteiger partial charge on any atom is -0.494 e. The summed E-state index contributed by atoms with van der Waals surface area (Å²) in [7, 11) is 0. The topological polar surface area (TPSA) is 44.2 Å². The molecule has 0 aliphatic rings. The monoisotopic (exact) mass is 398 g/mol. The van der Waals surface area contributed by atoms with Crippen LogP contribution in [0.2, 0.25) is 0 Å². The second kappa shape index (κ2) is 14.1. The first kappa shape index (κ1) is 23.3. The van der Waals surface area contributed by atoms with E-state index in [4.69, 9.17) is 9.47 Å². The van der Waals surface area contributed by atoms with Gasteiger partial charge in [-0.2, -0.15) is 0 Å². The van der Waals surface area contributed by atoms with Crippen LogP contribution in [-0.4, -0.2) is 23.2 Å². The van der Waals surface area contributed by atoms with Gasteiger partial charge in [0.05, 0.1) is 13.2 Å². The highest BCUT2D eigenvalue weighted by molar-refractivity contribution is 5.55. The molecule has 29 heavy (non-hydrogen) atoms. The van der Waals surface area contributed by atoms with Crippen molar-refractivity contribution in [2.45, 2.75) is 78.7 Å². The van der Waals surface area contributed by atoms with Crippen LogP contribution in [-0.2, 0) is 11.3 Å². The Balaban J connectivity index is 1.70. The summed E-state index contributed by atoms with van der Waals surface area (Å²) in [5.74, 6) is 2.41. The van der Waals surface area contributed by atoms with E-state index in [0.29, 0.717) is 6.61 Å². The van der Waals surface area contributed by atoms with Gasteiger partial charge < -0.3 is 9.47 Å². The van der Waals surface area contributed by atoms with Crippen LogP contribution in [0.5, 0.6) is 5.75 Å². The van der Waals surface area contributed by atoms with Gasteiger partial charge in [-0.3, -0.25) is 0 Å². The lowest BCUT2D eigenvalue weighted by Crippen LogP contribution is -2.01. The molecule has 1 unspecified atom stereocenters. The van der Waals surface area contributed by atoms with Gasteiger partial charge in [-0.15, -0.1) is 0 Å². The van der Waals surface area contributed by atoms with Gasteiger partial charge in [0, 0.05) is 30.1 Å². The van der Waals surface area contributed by atoms with Crippen LogP contribution in [0.4, 0.5) is 0 Å². The zero-order valence-electron chi connectivity index (χ0n) is 18.5. The molecule has 0 N–H and O–H groups in total. The van der Waals surface area contributed by atoms with Crippen LogP contribution in [0.1, 0.15) is 77.7 Å². The van der Waals surface area contributed by atoms with Crippen molar-refractivity contribution in [1.82, 2.24) is 9.97 Å². The molecule has 0 saturated carbocycles. The maximum absolute atomic E-state index is 5.84. The fourth-order valence-electron chi connectivity index (χ4n) is 3.10. The summed E-state index contributed by atoms with van der Waals surface area (Å²) in [4.78, 5) is 8.98. The van der Waals surface area contributed by atoms with Gasteiger partial charge in [0.15, 0.2) is 5.82 Å². The molecule has 0 radical (unpaired) electrons. The molecule has 0 fully saturated rings. The Morgan fingerprint density at radius 1 is 0.862 bits per heavy atom. The standard InChI is InChI=1S/C25H38N2O2/c1-4-6-7-8-9-16-28-20-22-18-26-25(27-19-22)23-12-14-24(15-13-23)29-17-10-11-21(3)5-2/h12-15,18-19,21H,4-11,16-17,20H2,1-3H3. The molecule has 1 atom stereocenters. The summed E-state index contributed by atoms with van der Waals surface area (Å²) in [6.45, 7) is 8.93. The van der Waals surface area contributed by atoms with Crippen molar-refractivity contribution >= 4 is 0 Å². The number of benzene rings is 1. The lowest BCUT2D eigenvalue weighted by Gasteiger charge is -2.10. The fourth-order valence-corrected chi connectivity index (χ4v) is 3.10. The molecular formula is C25H38N2O2. The molecule has 1 aromatic heterocycles. The molecule has 0 aliphatic carbocycles. The van der Waals surface area contributed by atoms with Gasteiger partial charge in [0.25, 0.3) is 0 Å². The molecule has 4 heteroatoms. The summed E-state index contributed by atoms with van der Waals surface area (Å²) in [6.07, 6.45) is 13.6. The molecule has 0 spiro atoms. The second-order valence-electron chi connectivity index (χ2n) is 7.91. The predicted molar refractivity (Wildman–Crippen MR) is 120 cm³/mol. The van der Waals surface area contributed by atoms with E-state index in [1.165, 1.54) is 38.5 Å². The first-order valence-electron chi connectivity index (χ1n) is 11.3. The quantitative estimate of drug-likeness (QED) is 0.308. The smallest absolute Gasteiger partial charge is 0.159 e. The summed E-state index contributed by atoms with van der Waals surface area (Å²) in [6, 6.07) is 8.03. The Morgan fingerprint density at radius 2 is 1.59 bits per heavy atom. The molecule has 2 aromatic rings. The van der Waals surface area contributed by atoms with E-state index in [1.807, 2.05) is 36.7 Å². The third kappa shape index (κ3) is 9.40. The van der Waals surface area contributed by atoms with E-state index >= 15 is 0 Å². The molecule has 0 amide bonds. The van der Waals surface area contributed by atoms with Crippen molar-refractivity contribution in [3.8, 4) is 17.1 Å². The molecule has 160 valence electrons. The maximum Gasteiger partial charge on any atom is 0.159 e. The number of nitrogens with zero attached hydrogens (tertiary/aromatic N) is 2. The van der Waals surface area contributed by atoms with Gasteiger partial charge in [-0.05, 0) is 49.4 Å². The van der Waals surface area contributed by atoms with E-state index in [-0.39, 0.29) is 0 Å². The number of hydrogen-bond donors (Lipinski definition) is 0. The van der Waals surface area contributed by atoms with Crippen LogP contribution in [0, 0.1) is 5.92 Å². The lowest BCUT2D eigenvalue weighted by molar-refractivity contribution is 0.116. The average Bonchev–Trinajstić information content (AvgIpc) is 2.77. The lowest BCUT2D eigenvalue weighted by atomic mass is 10.0. The van der Waals surface area contributed by atoms with Gasteiger partial charge >= 0.3 is 0 Å². The highest BCUT2D eigenvalue weighted by atomic mass is 16.5. The Morgan fingerprint density at radius 3 is 2.28 bits per heavy atom. The number of aromatic nitrogens is 2. The molecule has 2 rings (SSSR count). The minimum absolute atomic E-state index is 0.581. The Bertz CT molecular complexity index is 656. The molecule has 1 heterocycles. The van der Waals surface area contributed by atoms with Gasteiger partial charge in [-0.1, -0.05) is 52.9 Å². The van der Waals surface area contributed by atoms with E-state index in [1.54, 1.807) is 0 Å². The zero-order chi connectivity index (χ0) is 20.7. The van der Waals surface area contributed by atoms with Crippen LogP contribution >= 0.6 is 0 Å². The molecule has 1 aromatic carbocycles. The van der Waals surface area contributed by atoms with Crippen molar-refractivity contribution in [2.75, 3.05) is 13.2 Å². The normalized spacial score (nSPS) is 12.1. The molecule has 0 bridgehead atoms. The third-order valence-corrected chi connectivity index (χ3v) is 5.29. The van der Waals surface area contributed by atoms with Crippen molar-refractivity contribution in [2.24, 2.45) is 5.92 Å². The SMILES string of the molecule is CCCCCCCOCc1cnc(-c2ccc(OCCCC(C)CC)cc2)nc1. The first-order chi connectivity index (χ1) is 14.2. The summed E-state index contributed by atoms with van der Waals surface area (Å²) < 4.78 is 11.6. The molecular weight excluding hydrogens is 360 g/mol. The highest BCUT2D eigenvalue weighted by Gasteiger charge is 2.04. The van der Waals surface area contributed by atoms with E-state index < -0.39 is 0 Å². The van der Waals surface area contributed by atoms with Gasteiger partial charge in [-0.25, -0.2) is 9.97 Å². The van der Waals surface area contributed by atoms with Crippen LogP contribution in [0.25, 0.3) is 11.4 Å². The molecule has 4 nitrogen and oxygen atoms in total. The van der Waals surface area contributed by atoms with Crippen molar-refractivity contribution in [1.29, 1.82) is 0 Å². The number of hydrogen-bond acceptors (Lipinski definition) is 4. The average molecular weight is 399 g/mol. The van der Waals surface area contributed by atoms with Gasteiger partial charge in [0.1, 0.15) is 5.75 Å². The van der Waals surface area contributed by atoms with E-state index in [9.17, 15) is 0 Å². The molecule has 0 saturated heterocycles. The van der Waals surface area contributed by atoms with Crippen LogP contribution < -0.4 is 4.74 Å². The van der Waals surface area contributed by atoms with Crippen molar-refractivity contribution in [3.05, 3.63) is 42.2 Å². The summed E-state index contributed by atoms with van der Waals surface area (Å²) in [5, 5.41) is 0. The number of rotatable bonds is 15. The highest BCUT2D eigenvalue weighted by Crippen LogP contribution is 2.20. The van der Waals surface area contributed by atoms with E-state index in [0.717, 1.165) is 54.7 Å². The van der Waals surface area contributed by atoms with Crippen molar-refractivity contribution < 1.29 is 9.47 Å². The molecule has 0 aliphatic heterocycles. The Labute approximate surface area is 177 Å². The zero-order valence-corrected chi connectivity index (χ0v) is 18.5. The number of ether oxygens (including phenoxy) is 2. The predicted octanol–water partition coefficient (Wildman–Crippen LogP) is 6.84. The van der Waals surface area contributed by atoms with Crippen LogP contribution in [0.3, 0.4) is 0 Å². The van der Waals surface area contributed by atoms with Crippen molar-refractivity contribution in [3.63, 3.8) is 0 Å². The Hall–Kier alpha value is -1.94. The summed E-state index contributed by atoms with van der Waals surface area (Å²) >= 11 is 0.